The number of carbonyl (C=O) groups is 1. The van der Waals surface area contributed by atoms with Crippen molar-refractivity contribution in [2.24, 2.45) is 0 Å². The van der Waals surface area contributed by atoms with Crippen LogP contribution < -0.4 is 0 Å². The van der Waals surface area contributed by atoms with E-state index in [2.05, 4.69) is 20.1 Å². The maximum Gasteiger partial charge on any atom is 0.416 e. The molecule has 0 N–H and O–H groups in total. The number of hydrogen-bond acceptors (Lipinski definition) is 5. The van der Waals surface area contributed by atoms with Crippen LogP contribution in [-0.4, -0.2) is 42.6 Å². The monoisotopic (exact) mass is 390 g/mol. The summed E-state index contributed by atoms with van der Waals surface area (Å²) in [7, 11) is 1.49. The zero-order valence-corrected chi connectivity index (χ0v) is 15.3. The van der Waals surface area contributed by atoms with Gasteiger partial charge in [-0.2, -0.15) is 23.0 Å². The SMILES string of the molecule is Cc1cc(C(=O)N(C)[C@@H](C)c2ncnn2-c2ncccn2)cc(C(F)(F)F)c1. The molecule has 0 saturated carbocycles. The Morgan fingerprint density at radius 2 is 1.82 bits per heavy atom. The first-order valence-electron chi connectivity index (χ1n) is 8.32. The summed E-state index contributed by atoms with van der Waals surface area (Å²) in [4.78, 5) is 26.5. The first-order valence-corrected chi connectivity index (χ1v) is 8.32. The highest BCUT2D eigenvalue weighted by molar-refractivity contribution is 5.94. The summed E-state index contributed by atoms with van der Waals surface area (Å²) in [5.41, 5.74) is -0.568. The van der Waals surface area contributed by atoms with Gasteiger partial charge in [0.15, 0.2) is 5.82 Å². The fraction of sp³-hybridized carbons (Fsp3) is 0.278. The number of aromatic nitrogens is 5. The molecular formula is C18H17F3N6O. The Labute approximate surface area is 158 Å². The Balaban J connectivity index is 1.91. The molecule has 0 saturated heterocycles. The maximum absolute atomic E-state index is 13.1. The molecule has 0 radical (unpaired) electrons. The van der Waals surface area contributed by atoms with Crippen LogP contribution in [-0.2, 0) is 6.18 Å². The molecule has 3 rings (SSSR count). The van der Waals surface area contributed by atoms with E-state index in [9.17, 15) is 18.0 Å². The van der Waals surface area contributed by atoms with E-state index in [-0.39, 0.29) is 11.5 Å². The van der Waals surface area contributed by atoms with E-state index in [1.165, 1.54) is 35.9 Å². The minimum absolute atomic E-state index is 0.0521. The molecule has 1 atom stereocenters. The van der Waals surface area contributed by atoms with Gasteiger partial charge in [0.25, 0.3) is 11.9 Å². The first kappa shape index (κ1) is 19.5. The van der Waals surface area contributed by atoms with Gasteiger partial charge < -0.3 is 4.90 Å². The smallest absolute Gasteiger partial charge is 0.332 e. The van der Waals surface area contributed by atoms with Gasteiger partial charge in [-0.15, -0.1) is 0 Å². The lowest BCUT2D eigenvalue weighted by Crippen LogP contribution is -2.31. The molecule has 0 bridgehead atoms. The lowest BCUT2D eigenvalue weighted by atomic mass is 10.0. The van der Waals surface area contributed by atoms with Crippen molar-refractivity contribution in [2.45, 2.75) is 26.1 Å². The summed E-state index contributed by atoms with van der Waals surface area (Å²) in [6.07, 6.45) is -0.150. The second-order valence-corrected chi connectivity index (χ2v) is 6.26. The summed E-state index contributed by atoms with van der Waals surface area (Å²) >= 11 is 0. The Hall–Kier alpha value is -3.30. The number of carbonyl (C=O) groups excluding carboxylic acids is 1. The Bertz CT molecular complexity index is 986. The lowest BCUT2D eigenvalue weighted by Gasteiger charge is -2.25. The van der Waals surface area contributed by atoms with Gasteiger partial charge in [-0.25, -0.2) is 15.0 Å². The van der Waals surface area contributed by atoms with Crippen molar-refractivity contribution >= 4 is 5.91 Å². The van der Waals surface area contributed by atoms with Crippen molar-refractivity contribution in [3.05, 3.63) is 65.5 Å². The van der Waals surface area contributed by atoms with Crippen LogP contribution in [0.15, 0.2) is 43.0 Å². The zero-order chi connectivity index (χ0) is 20.5. The zero-order valence-electron chi connectivity index (χ0n) is 15.3. The molecule has 146 valence electrons. The quantitative estimate of drug-likeness (QED) is 0.684. The van der Waals surface area contributed by atoms with Crippen molar-refractivity contribution < 1.29 is 18.0 Å². The van der Waals surface area contributed by atoms with Gasteiger partial charge in [-0.05, 0) is 43.7 Å². The maximum atomic E-state index is 13.1. The van der Waals surface area contributed by atoms with Crippen LogP contribution in [0.3, 0.4) is 0 Å². The third-order valence-electron chi connectivity index (χ3n) is 4.24. The molecular weight excluding hydrogens is 373 g/mol. The number of halogens is 3. The number of hydrogen-bond donors (Lipinski definition) is 0. The van der Waals surface area contributed by atoms with Crippen molar-refractivity contribution in [1.82, 2.24) is 29.6 Å². The minimum Gasteiger partial charge on any atom is -0.332 e. The lowest BCUT2D eigenvalue weighted by molar-refractivity contribution is -0.137. The molecule has 0 aliphatic heterocycles. The Morgan fingerprint density at radius 1 is 1.14 bits per heavy atom. The molecule has 3 aromatic rings. The Kier molecular flexibility index (Phi) is 5.12. The number of rotatable bonds is 4. The summed E-state index contributed by atoms with van der Waals surface area (Å²) in [5, 5.41) is 4.08. The van der Waals surface area contributed by atoms with Crippen LogP contribution in [0.4, 0.5) is 13.2 Å². The molecule has 10 heteroatoms. The second kappa shape index (κ2) is 7.37. The van der Waals surface area contributed by atoms with Crippen molar-refractivity contribution in [1.29, 1.82) is 0 Å². The van der Waals surface area contributed by atoms with E-state index in [1.54, 1.807) is 25.4 Å². The second-order valence-electron chi connectivity index (χ2n) is 6.26. The minimum atomic E-state index is -4.53. The van der Waals surface area contributed by atoms with E-state index in [1.807, 2.05) is 0 Å². The highest BCUT2D eigenvalue weighted by Gasteiger charge is 2.32. The summed E-state index contributed by atoms with van der Waals surface area (Å²) in [6, 6.07) is 4.34. The summed E-state index contributed by atoms with van der Waals surface area (Å²) < 4.78 is 40.6. The fourth-order valence-corrected chi connectivity index (χ4v) is 2.71. The van der Waals surface area contributed by atoms with Crippen LogP contribution >= 0.6 is 0 Å². The first-order chi connectivity index (χ1) is 13.2. The van der Waals surface area contributed by atoms with Crippen LogP contribution in [0.5, 0.6) is 0 Å². The number of amides is 1. The molecule has 28 heavy (non-hydrogen) atoms. The fourth-order valence-electron chi connectivity index (χ4n) is 2.71. The van der Waals surface area contributed by atoms with Crippen molar-refractivity contribution in [3.63, 3.8) is 0 Å². The third-order valence-corrected chi connectivity index (χ3v) is 4.24. The van der Waals surface area contributed by atoms with Gasteiger partial charge >= 0.3 is 6.18 Å². The van der Waals surface area contributed by atoms with Gasteiger partial charge in [0.2, 0.25) is 0 Å². The third kappa shape index (κ3) is 3.85. The van der Waals surface area contributed by atoms with E-state index in [4.69, 9.17) is 0 Å². The van der Waals surface area contributed by atoms with Crippen LogP contribution in [0.2, 0.25) is 0 Å². The summed E-state index contributed by atoms with van der Waals surface area (Å²) in [6.45, 7) is 3.21. The predicted octanol–water partition coefficient (Wildman–Crippen LogP) is 3.22. The van der Waals surface area contributed by atoms with Crippen molar-refractivity contribution in [2.75, 3.05) is 7.05 Å². The van der Waals surface area contributed by atoms with E-state index < -0.39 is 23.7 Å². The molecule has 7 nitrogen and oxygen atoms in total. The molecule has 2 heterocycles. The average molecular weight is 390 g/mol. The molecule has 1 aromatic carbocycles. The highest BCUT2D eigenvalue weighted by Crippen LogP contribution is 2.31. The molecule has 0 unspecified atom stereocenters. The van der Waals surface area contributed by atoms with Crippen LogP contribution in [0.1, 0.15) is 40.3 Å². The number of nitrogens with zero attached hydrogens (tertiary/aromatic N) is 6. The van der Waals surface area contributed by atoms with E-state index in [0.717, 1.165) is 12.1 Å². The normalized spacial score (nSPS) is 12.6. The van der Waals surface area contributed by atoms with Crippen molar-refractivity contribution in [3.8, 4) is 5.95 Å². The van der Waals surface area contributed by atoms with Gasteiger partial charge in [0, 0.05) is 25.0 Å². The average Bonchev–Trinajstić information content (AvgIpc) is 3.15. The molecule has 0 spiro atoms. The standard InChI is InChI=1S/C18H17F3N6O/c1-11-7-13(9-14(8-11)18(19,20)21)16(28)26(3)12(2)15-24-10-25-27(15)17-22-5-4-6-23-17/h4-10,12H,1-3H3/t12-/m0/s1. The summed E-state index contributed by atoms with van der Waals surface area (Å²) in [5.74, 6) is 0.0913. The highest BCUT2D eigenvalue weighted by atomic mass is 19.4. The number of aryl methyl sites for hydroxylation is 1. The van der Waals surface area contributed by atoms with Gasteiger partial charge in [0.05, 0.1) is 11.6 Å². The van der Waals surface area contributed by atoms with E-state index in [0.29, 0.717) is 11.4 Å². The van der Waals surface area contributed by atoms with E-state index >= 15 is 0 Å². The van der Waals surface area contributed by atoms with Gasteiger partial charge in [0.1, 0.15) is 6.33 Å². The molecule has 0 aliphatic carbocycles. The van der Waals surface area contributed by atoms with Gasteiger partial charge in [-0.3, -0.25) is 4.79 Å². The number of benzene rings is 1. The van der Waals surface area contributed by atoms with Gasteiger partial charge in [-0.1, -0.05) is 0 Å². The predicted molar refractivity (Wildman–Crippen MR) is 93.6 cm³/mol. The molecule has 1 amide bonds. The topological polar surface area (TPSA) is 76.8 Å². The largest absolute Gasteiger partial charge is 0.416 e. The Morgan fingerprint density at radius 3 is 2.46 bits per heavy atom. The van der Waals surface area contributed by atoms with Crippen LogP contribution in [0.25, 0.3) is 5.95 Å². The van der Waals surface area contributed by atoms with Crippen LogP contribution in [0, 0.1) is 6.92 Å². The number of alkyl halides is 3. The molecule has 2 aromatic heterocycles. The molecule has 0 fully saturated rings. The molecule has 0 aliphatic rings.